The van der Waals surface area contributed by atoms with E-state index in [4.69, 9.17) is 0 Å². The van der Waals surface area contributed by atoms with Gasteiger partial charge in [0, 0.05) is 7.05 Å². The molecule has 0 atom stereocenters. The molecule has 1 rings (SSSR count). The number of azo groups is 1. The van der Waals surface area contributed by atoms with Crippen LogP contribution in [0, 0.1) is 0 Å². The monoisotopic (exact) mass is 97.1 g/mol. The van der Waals surface area contributed by atoms with Crippen LogP contribution in [0.1, 0.15) is 0 Å². The Hall–Kier alpha value is -0.860. The van der Waals surface area contributed by atoms with Gasteiger partial charge in [0.25, 0.3) is 0 Å². The van der Waals surface area contributed by atoms with Gasteiger partial charge in [-0.15, -0.1) is 5.11 Å². The molecule has 0 saturated carbocycles. The fourth-order valence-corrected chi connectivity index (χ4v) is 0.437. The highest BCUT2D eigenvalue weighted by Gasteiger charge is 1.92. The van der Waals surface area contributed by atoms with Crippen LogP contribution in [0.15, 0.2) is 22.1 Å². The first-order valence-corrected chi connectivity index (χ1v) is 2.19. The molecule has 0 unspecified atom stereocenters. The Morgan fingerprint density at radius 3 is 3.00 bits per heavy atom. The van der Waals surface area contributed by atoms with Crippen molar-refractivity contribution in [2.75, 3.05) is 13.6 Å². The highest BCUT2D eigenvalue weighted by Crippen LogP contribution is 1.98. The molecule has 0 fully saturated rings. The maximum absolute atomic E-state index is 3.73. The molecule has 1 aliphatic heterocycles. The van der Waals surface area contributed by atoms with Crippen LogP contribution < -0.4 is 5.32 Å². The zero-order valence-electron chi connectivity index (χ0n) is 4.18. The molecule has 0 aliphatic carbocycles. The number of hydrogen-bond donors (Lipinski definition) is 1. The average Bonchev–Trinajstić information content (AvgIpc) is 2.14. The van der Waals surface area contributed by atoms with Gasteiger partial charge < -0.3 is 5.32 Å². The molecule has 0 aromatic carbocycles. The molecule has 1 heterocycles. The molecule has 3 heteroatoms. The van der Waals surface area contributed by atoms with Crippen molar-refractivity contribution >= 4 is 0 Å². The molecular formula is C4H7N3. The lowest BCUT2D eigenvalue weighted by Crippen LogP contribution is -2.00. The second kappa shape index (κ2) is 1.73. The Morgan fingerprint density at radius 2 is 2.71 bits per heavy atom. The first kappa shape index (κ1) is 4.30. The Kier molecular flexibility index (Phi) is 1.06. The van der Waals surface area contributed by atoms with E-state index < -0.39 is 0 Å². The van der Waals surface area contributed by atoms with Crippen LogP contribution in [0.3, 0.4) is 0 Å². The Morgan fingerprint density at radius 1 is 1.86 bits per heavy atom. The van der Waals surface area contributed by atoms with Crippen molar-refractivity contribution in [1.82, 2.24) is 5.32 Å². The van der Waals surface area contributed by atoms with Gasteiger partial charge in [0.05, 0.1) is 6.54 Å². The summed E-state index contributed by atoms with van der Waals surface area (Å²) in [4.78, 5) is 0. The Balaban J connectivity index is 2.52. The third-order valence-electron chi connectivity index (χ3n) is 0.801. The van der Waals surface area contributed by atoms with Gasteiger partial charge in [-0.2, -0.15) is 5.11 Å². The smallest absolute Gasteiger partial charge is 0.145 e. The van der Waals surface area contributed by atoms with Gasteiger partial charge in [0.1, 0.15) is 5.82 Å². The van der Waals surface area contributed by atoms with Gasteiger partial charge in [-0.1, -0.05) is 0 Å². The molecule has 1 aliphatic rings. The largest absolute Gasteiger partial charge is 0.372 e. The van der Waals surface area contributed by atoms with Crippen molar-refractivity contribution in [2.24, 2.45) is 10.2 Å². The van der Waals surface area contributed by atoms with E-state index >= 15 is 0 Å². The van der Waals surface area contributed by atoms with Crippen LogP contribution in [0.5, 0.6) is 0 Å². The Labute approximate surface area is 42.1 Å². The second-order valence-corrected chi connectivity index (χ2v) is 1.26. The summed E-state index contributed by atoms with van der Waals surface area (Å²) >= 11 is 0. The number of rotatable bonds is 1. The molecule has 3 nitrogen and oxygen atoms in total. The lowest BCUT2D eigenvalue weighted by molar-refractivity contribution is 0.942. The minimum Gasteiger partial charge on any atom is -0.372 e. The number of nitrogens with one attached hydrogen (secondary N) is 1. The van der Waals surface area contributed by atoms with Crippen molar-refractivity contribution in [3.05, 3.63) is 11.9 Å². The summed E-state index contributed by atoms with van der Waals surface area (Å²) in [5.74, 6) is 0.875. The molecule has 0 amide bonds. The number of nitrogens with zero attached hydrogens (tertiary/aromatic N) is 2. The third kappa shape index (κ3) is 0.765. The maximum atomic E-state index is 3.73. The number of hydrogen-bond acceptors (Lipinski definition) is 3. The molecular weight excluding hydrogens is 90.1 g/mol. The molecule has 0 saturated heterocycles. The van der Waals surface area contributed by atoms with E-state index in [1.165, 1.54) is 0 Å². The van der Waals surface area contributed by atoms with E-state index in [1.54, 1.807) is 0 Å². The third-order valence-corrected chi connectivity index (χ3v) is 0.801. The fraction of sp³-hybridized carbons (Fsp3) is 0.500. The van der Waals surface area contributed by atoms with Gasteiger partial charge in [0.2, 0.25) is 0 Å². The van der Waals surface area contributed by atoms with Crippen LogP contribution in [0.4, 0.5) is 0 Å². The van der Waals surface area contributed by atoms with Gasteiger partial charge in [-0.3, -0.25) is 0 Å². The van der Waals surface area contributed by atoms with E-state index in [-0.39, 0.29) is 0 Å². The molecule has 0 spiro atoms. The lowest BCUT2D eigenvalue weighted by Gasteiger charge is -1.87. The quantitative estimate of drug-likeness (QED) is 0.508. The van der Waals surface area contributed by atoms with E-state index in [0.29, 0.717) is 0 Å². The lowest BCUT2D eigenvalue weighted by atomic mass is 10.6. The van der Waals surface area contributed by atoms with Crippen LogP contribution in [-0.4, -0.2) is 13.6 Å². The summed E-state index contributed by atoms with van der Waals surface area (Å²) in [6, 6.07) is 0. The molecule has 1 N–H and O–H groups in total. The summed E-state index contributed by atoms with van der Waals surface area (Å²) in [6.07, 6.45) is 1.93. The Bertz CT molecular complexity index is 114. The summed E-state index contributed by atoms with van der Waals surface area (Å²) in [7, 11) is 1.83. The SMILES string of the molecule is CNC1=CCN=N1. The molecule has 0 aromatic rings. The van der Waals surface area contributed by atoms with Crippen LogP contribution in [0.25, 0.3) is 0 Å². The first-order valence-electron chi connectivity index (χ1n) is 2.19. The maximum Gasteiger partial charge on any atom is 0.145 e. The molecule has 0 aromatic heterocycles. The minimum atomic E-state index is 0.732. The molecule has 0 radical (unpaired) electrons. The average molecular weight is 97.1 g/mol. The van der Waals surface area contributed by atoms with Crippen LogP contribution in [0.2, 0.25) is 0 Å². The van der Waals surface area contributed by atoms with Crippen molar-refractivity contribution in [3.63, 3.8) is 0 Å². The summed E-state index contributed by atoms with van der Waals surface area (Å²) in [5, 5.41) is 10.3. The molecule has 38 valence electrons. The minimum absolute atomic E-state index is 0.732. The summed E-state index contributed by atoms with van der Waals surface area (Å²) < 4.78 is 0. The van der Waals surface area contributed by atoms with Gasteiger partial charge >= 0.3 is 0 Å². The second-order valence-electron chi connectivity index (χ2n) is 1.26. The summed E-state index contributed by atoms with van der Waals surface area (Å²) in [6.45, 7) is 0.732. The van der Waals surface area contributed by atoms with Crippen molar-refractivity contribution in [2.45, 2.75) is 0 Å². The molecule has 7 heavy (non-hydrogen) atoms. The zero-order chi connectivity index (χ0) is 5.11. The predicted octanol–water partition coefficient (Wildman–Crippen LogP) is 0.513. The van der Waals surface area contributed by atoms with E-state index in [9.17, 15) is 0 Å². The van der Waals surface area contributed by atoms with E-state index in [2.05, 4.69) is 15.5 Å². The van der Waals surface area contributed by atoms with Crippen LogP contribution in [-0.2, 0) is 0 Å². The predicted molar refractivity (Wildman–Crippen MR) is 26.9 cm³/mol. The standard InChI is InChI=1S/C4H7N3/c1-5-4-2-3-6-7-4/h2,5H,3H2,1H3. The highest BCUT2D eigenvalue weighted by atomic mass is 15.2. The van der Waals surface area contributed by atoms with Gasteiger partial charge in [-0.25, -0.2) is 0 Å². The normalized spacial score (nSPS) is 17.0. The summed E-state index contributed by atoms with van der Waals surface area (Å²) in [5.41, 5.74) is 0. The van der Waals surface area contributed by atoms with Gasteiger partial charge in [0.15, 0.2) is 0 Å². The van der Waals surface area contributed by atoms with Crippen molar-refractivity contribution in [3.8, 4) is 0 Å². The topological polar surface area (TPSA) is 36.8 Å². The van der Waals surface area contributed by atoms with E-state index in [1.807, 2.05) is 13.1 Å². The van der Waals surface area contributed by atoms with Gasteiger partial charge in [-0.05, 0) is 6.08 Å². The molecule has 0 bridgehead atoms. The van der Waals surface area contributed by atoms with Crippen molar-refractivity contribution in [1.29, 1.82) is 0 Å². The highest BCUT2D eigenvalue weighted by molar-refractivity contribution is 5.00. The van der Waals surface area contributed by atoms with E-state index in [0.717, 1.165) is 12.4 Å². The first-order chi connectivity index (χ1) is 3.43. The zero-order valence-corrected chi connectivity index (χ0v) is 4.18. The van der Waals surface area contributed by atoms with Crippen molar-refractivity contribution < 1.29 is 0 Å². The van der Waals surface area contributed by atoms with Crippen LogP contribution >= 0.6 is 0 Å². The fourth-order valence-electron chi connectivity index (χ4n) is 0.437.